The van der Waals surface area contributed by atoms with Crippen LogP contribution in [0.4, 0.5) is 0 Å². The first-order valence-electron chi connectivity index (χ1n) is 5.83. The lowest BCUT2D eigenvalue weighted by molar-refractivity contribution is -0.141. The van der Waals surface area contributed by atoms with Gasteiger partial charge in [-0.15, -0.1) is 11.8 Å². The van der Waals surface area contributed by atoms with Gasteiger partial charge in [-0.1, -0.05) is 25.1 Å². The second-order valence-corrected chi connectivity index (χ2v) is 4.95. The van der Waals surface area contributed by atoms with E-state index < -0.39 is 12.0 Å². The highest BCUT2D eigenvalue weighted by Crippen LogP contribution is 2.17. The summed E-state index contributed by atoms with van der Waals surface area (Å²) in [6.07, 6.45) is 0.718. The molecule has 0 heterocycles. The van der Waals surface area contributed by atoms with Gasteiger partial charge in [-0.25, -0.2) is 4.79 Å². The molecule has 0 radical (unpaired) electrons. The summed E-state index contributed by atoms with van der Waals surface area (Å²) in [6.45, 7) is 1.73. The maximum absolute atomic E-state index is 11.5. The van der Waals surface area contributed by atoms with E-state index in [1.165, 1.54) is 0 Å². The van der Waals surface area contributed by atoms with E-state index in [2.05, 4.69) is 5.32 Å². The molecule has 1 aromatic rings. The molecule has 1 rings (SSSR count). The van der Waals surface area contributed by atoms with Crippen molar-refractivity contribution in [3.63, 3.8) is 0 Å². The molecule has 1 aromatic carbocycles. The van der Waals surface area contributed by atoms with Crippen LogP contribution >= 0.6 is 11.8 Å². The Morgan fingerprint density at radius 3 is 2.56 bits per heavy atom. The summed E-state index contributed by atoms with van der Waals surface area (Å²) in [5.74, 6) is -0.555. The van der Waals surface area contributed by atoms with E-state index in [-0.39, 0.29) is 5.91 Å². The van der Waals surface area contributed by atoms with Crippen LogP contribution in [0.25, 0.3) is 0 Å². The largest absolute Gasteiger partial charge is 0.480 e. The number of aliphatic carboxylic acids is 1. The summed E-state index contributed by atoms with van der Waals surface area (Å²) in [5, 5.41) is 11.3. The Hall–Kier alpha value is -1.49. The van der Waals surface area contributed by atoms with Crippen LogP contribution in [-0.4, -0.2) is 28.8 Å². The summed E-state index contributed by atoms with van der Waals surface area (Å²) in [5.41, 5.74) is 0. The highest BCUT2D eigenvalue weighted by molar-refractivity contribution is 7.99. The van der Waals surface area contributed by atoms with Crippen LogP contribution in [0.3, 0.4) is 0 Å². The third kappa shape index (κ3) is 5.23. The van der Waals surface area contributed by atoms with E-state index in [4.69, 9.17) is 5.11 Å². The Morgan fingerprint density at radius 2 is 2.00 bits per heavy atom. The Bertz CT molecular complexity index is 394. The van der Waals surface area contributed by atoms with Crippen molar-refractivity contribution < 1.29 is 14.7 Å². The van der Waals surface area contributed by atoms with Gasteiger partial charge in [-0.3, -0.25) is 4.79 Å². The summed E-state index contributed by atoms with van der Waals surface area (Å²) in [4.78, 5) is 23.4. The number of rotatable bonds is 7. The van der Waals surface area contributed by atoms with Crippen molar-refractivity contribution in [3.8, 4) is 0 Å². The molecule has 0 aliphatic carbocycles. The number of amides is 1. The fourth-order valence-electron chi connectivity index (χ4n) is 1.38. The molecular weight excluding hydrogens is 250 g/mol. The molecule has 0 aliphatic rings. The molecule has 0 fully saturated rings. The third-order valence-electron chi connectivity index (χ3n) is 2.38. The SMILES string of the molecule is CC[C@H](NC(=O)CCSc1ccccc1)C(=O)O. The molecule has 2 N–H and O–H groups in total. The first-order chi connectivity index (χ1) is 8.63. The van der Waals surface area contributed by atoms with Gasteiger partial charge in [0.15, 0.2) is 0 Å². The fraction of sp³-hybridized carbons (Fsp3) is 0.385. The quantitative estimate of drug-likeness (QED) is 0.743. The summed E-state index contributed by atoms with van der Waals surface area (Å²) >= 11 is 1.58. The van der Waals surface area contributed by atoms with Gasteiger partial charge in [0.05, 0.1) is 0 Å². The number of hydrogen-bond acceptors (Lipinski definition) is 3. The maximum Gasteiger partial charge on any atom is 0.326 e. The first kappa shape index (κ1) is 14.6. The van der Waals surface area contributed by atoms with Crippen LogP contribution in [0, 0.1) is 0 Å². The van der Waals surface area contributed by atoms with Gasteiger partial charge in [-0.05, 0) is 18.6 Å². The Morgan fingerprint density at radius 1 is 1.33 bits per heavy atom. The van der Waals surface area contributed by atoms with Crippen LogP contribution in [-0.2, 0) is 9.59 Å². The van der Waals surface area contributed by atoms with Gasteiger partial charge in [0.2, 0.25) is 5.91 Å². The van der Waals surface area contributed by atoms with Crippen LogP contribution in [0.15, 0.2) is 35.2 Å². The average Bonchev–Trinajstić information content (AvgIpc) is 2.37. The minimum Gasteiger partial charge on any atom is -0.480 e. The Labute approximate surface area is 111 Å². The van der Waals surface area contributed by atoms with Gasteiger partial charge in [0.25, 0.3) is 0 Å². The predicted octanol–water partition coefficient (Wildman–Crippen LogP) is 2.15. The molecule has 4 nitrogen and oxygen atoms in total. The molecule has 1 amide bonds. The molecule has 0 saturated carbocycles. The summed E-state index contributed by atoms with van der Waals surface area (Å²) in [7, 11) is 0. The lowest BCUT2D eigenvalue weighted by atomic mass is 10.2. The van der Waals surface area contributed by atoms with E-state index in [0.29, 0.717) is 18.6 Å². The van der Waals surface area contributed by atoms with E-state index in [1.54, 1.807) is 18.7 Å². The zero-order valence-electron chi connectivity index (χ0n) is 10.3. The third-order valence-corrected chi connectivity index (χ3v) is 3.40. The smallest absolute Gasteiger partial charge is 0.326 e. The number of hydrogen-bond donors (Lipinski definition) is 2. The van der Waals surface area contributed by atoms with Gasteiger partial charge in [-0.2, -0.15) is 0 Å². The Kier molecular flexibility index (Phi) is 6.28. The fourth-order valence-corrected chi connectivity index (χ4v) is 2.26. The normalized spacial score (nSPS) is 11.8. The van der Waals surface area contributed by atoms with Crippen molar-refractivity contribution >= 4 is 23.6 Å². The van der Waals surface area contributed by atoms with E-state index in [9.17, 15) is 9.59 Å². The van der Waals surface area contributed by atoms with Crippen LogP contribution < -0.4 is 5.32 Å². The number of carbonyl (C=O) groups excluding carboxylic acids is 1. The Balaban J connectivity index is 2.27. The molecule has 5 heteroatoms. The van der Waals surface area contributed by atoms with Crippen molar-refractivity contribution in [1.29, 1.82) is 0 Å². The zero-order valence-corrected chi connectivity index (χ0v) is 11.1. The molecule has 0 unspecified atom stereocenters. The van der Waals surface area contributed by atoms with Crippen molar-refractivity contribution in [2.45, 2.75) is 30.7 Å². The van der Waals surface area contributed by atoms with Crippen molar-refractivity contribution in [1.82, 2.24) is 5.32 Å². The average molecular weight is 267 g/mol. The van der Waals surface area contributed by atoms with Gasteiger partial charge in [0.1, 0.15) is 6.04 Å². The molecule has 98 valence electrons. The van der Waals surface area contributed by atoms with Crippen molar-refractivity contribution in [3.05, 3.63) is 30.3 Å². The van der Waals surface area contributed by atoms with Crippen molar-refractivity contribution in [2.24, 2.45) is 0 Å². The molecular formula is C13H17NO3S. The molecule has 0 aromatic heterocycles. The monoisotopic (exact) mass is 267 g/mol. The molecule has 18 heavy (non-hydrogen) atoms. The summed E-state index contributed by atoms with van der Waals surface area (Å²) in [6, 6.07) is 9.01. The van der Waals surface area contributed by atoms with E-state index >= 15 is 0 Å². The maximum atomic E-state index is 11.5. The standard InChI is InChI=1S/C13H17NO3S/c1-2-11(13(16)17)14-12(15)8-9-18-10-6-4-3-5-7-10/h3-7,11H,2,8-9H2,1H3,(H,14,15)(H,16,17)/t11-/m0/s1. The van der Waals surface area contributed by atoms with Gasteiger partial charge < -0.3 is 10.4 Å². The molecule has 0 bridgehead atoms. The van der Waals surface area contributed by atoms with Crippen molar-refractivity contribution in [2.75, 3.05) is 5.75 Å². The number of nitrogens with one attached hydrogen (secondary N) is 1. The number of thioether (sulfide) groups is 1. The van der Waals surface area contributed by atoms with E-state index in [0.717, 1.165) is 4.90 Å². The van der Waals surface area contributed by atoms with Gasteiger partial charge >= 0.3 is 5.97 Å². The number of benzene rings is 1. The minimum atomic E-state index is -0.985. The first-order valence-corrected chi connectivity index (χ1v) is 6.82. The lowest BCUT2D eigenvalue weighted by Gasteiger charge is -2.11. The summed E-state index contributed by atoms with van der Waals surface area (Å²) < 4.78 is 0. The molecule has 0 aliphatic heterocycles. The number of carboxylic acid groups (broad SMARTS) is 1. The van der Waals surface area contributed by atoms with Gasteiger partial charge in [0, 0.05) is 17.1 Å². The topological polar surface area (TPSA) is 66.4 Å². The zero-order chi connectivity index (χ0) is 13.4. The van der Waals surface area contributed by atoms with Crippen LogP contribution in [0.2, 0.25) is 0 Å². The number of carbonyl (C=O) groups is 2. The highest BCUT2D eigenvalue weighted by atomic mass is 32.2. The minimum absolute atomic E-state index is 0.215. The number of carboxylic acids is 1. The van der Waals surface area contributed by atoms with E-state index in [1.807, 2.05) is 30.3 Å². The van der Waals surface area contributed by atoms with Crippen LogP contribution in [0.1, 0.15) is 19.8 Å². The molecule has 0 spiro atoms. The predicted molar refractivity (Wildman–Crippen MR) is 71.6 cm³/mol. The molecule has 1 atom stereocenters. The van der Waals surface area contributed by atoms with Crippen LogP contribution in [0.5, 0.6) is 0 Å². The molecule has 0 saturated heterocycles. The highest BCUT2D eigenvalue weighted by Gasteiger charge is 2.16. The lowest BCUT2D eigenvalue weighted by Crippen LogP contribution is -2.40. The second-order valence-electron chi connectivity index (χ2n) is 3.78. The second kappa shape index (κ2) is 7.76.